The van der Waals surface area contributed by atoms with Gasteiger partial charge in [-0.3, -0.25) is 9.69 Å². The molecule has 0 N–H and O–H groups in total. The Labute approximate surface area is 143 Å². The summed E-state index contributed by atoms with van der Waals surface area (Å²) in [6.07, 6.45) is 4.61. The highest BCUT2D eigenvalue weighted by Gasteiger charge is 2.25. The molecule has 0 bridgehead atoms. The number of methoxy groups -OCH3 is 1. The van der Waals surface area contributed by atoms with Crippen LogP contribution in [0.2, 0.25) is 0 Å². The van der Waals surface area contributed by atoms with Crippen molar-refractivity contribution in [2.45, 2.75) is 32.6 Å². The van der Waals surface area contributed by atoms with Gasteiger partial charge in [0.05, 0.1) is 11.5 Å². The lowest BCUT2D eigenvalue weighted by Crippen LogP contribution is -2.35. The van der Waals surface area contributed by atoms with Gasteiger partial charge in [-0.25, -0.2) is 0 Å². The van der Waals surface area contributed by atoms with E-state index in [4.69, 9.17) is 4.74 Å². The van der Waals surface area contributed by atoms with E-state index in [1.807, 2.05) is 4.90 Å². The summed E-state index contributed by atoms with van der Waals surface area (Å²) in [4.78, 5) is 19.7. The van der Waals surface area contributed by atoms with Gasteiger partial charge in [0.2, 0.25) is 0 Å². The number of amides is 1. The average Bonchev–Trinajstić information content (AvgIpc) is 2.82. The van der Waals surface area contributed by atoms with E-state index in [0.717, 1.165) is 69.4 Å². The normalized spacial score (nSPS) is 22.7. The number of aryl methyl sites for hydroxylation is 1. The van der Waals surface area contributed by atoms with Gasteiger partial charge in [-0.2, -0.15) is 0 Å². The summed E-state index contributed by atoms with van der Waals surface area (Å²) in [6.45, 7) is 7.77. The smallest absolute Gasteiger partial charge is 0.263 e. The molecule has 1 aromatic heterocycles. The highest BCUT2D eigenvalue weighted by Crippen LogP contribution is 2.32. The molecule has 2 heterocycles. The van der Waals surface area contributed by atoms with Gasteiger partial charge in [-0.15, -0.1) is 11.3 Å². The number of rotatable bonds is 4. The van der Waals surface area contributed by atoms with Gasteiger partial charge in [0.1, 0.15) is 0 Å². The van der Waals surface area contributed by atoms with Gasteiger partial charge in [0, 0.05) is 38.2 Å². The molecule has 4 nitrogen and oxygen atoms in total. The fourth-order valence-electron chi connectivity index (χ4n) is 3.59. The predicted molar refractivity (Wildman–Crippen MR) is 94.3 cm³/mol. The number of hydrogen-bond acceptors (Lipinski definition) is 4. The summed E-state index contributed by atoms with van der Waals surface area (Å²) in [5, 5.41) is 0. The van der Waals surface area contributed by atoms with E-state index in [-0.39, 0.29) is 5.91 Å². The van der Waals surface area contributed by atoms with Gasteiger partial charge in [0.15, 0.2) is 0 Å². The molecule has 23 heavy (non-hydrogen) atoms. The minimum atomic E-state index is 0.241. The topological polar surface area (TPSA) is 32.8 Å². The second-order valence-electron chi connectivity index (χ2n) is 6.89. The number of hydrogen-bond donors (Lipinski definition) is 0. The van der Waals surface area contributed by atoms with E-state index < -0.39 is 0 Å². The van der Waals surface area contributed by atoms with Crippen LogP contribution in [0.4, 0.5) is 0 Å². The third-order valence-corrected chi connectivity index (χ3v) is 6.25. The second-order valence-corrected chi connectivity index (χ2v) is 8.02. The molecular formula is C18H28N2O2S. The summed E-state index contributed by atoms with van der Waals surface area (Å²) in [5.41, 5.74) is 1.42. The first kappa shape index (κ1) is 16.9. The summed E-state index contributed by atoms with van der Waals surface area (Å²) < 4.78 is 5.16. The number of carbonyl (C=O) groups is 1. The molecule has 1 aliphatic carbocycles. The zero-order chi connectivity index (χ0) is 16.2. The van der Waals surface area contributed by atoms with Crippen LogP contribution in [0.25, 0.3) is 0 Å². The molecule has 1 aliphatic heterocycles. The Morgan fingerprint density at radius 2 is 2.22 bits per heavy atom. The van der Waals surface area contributed by atoms with Crippen LogP contribution in [0, 0.1) is 5.92 Å². The van der Waals surface area contributed by atoms with Crippen LogP contribution in [0.5, 0.6) is 0 Å². The van der Waals surface area contributed by atoms with Gasteiger partial charge < -0.3 is 9.64 Å². The van der Waals surface area contributed by atoms with Crippen molar-refractivity contribution in [3.05, 3.63) is 21.4 Å². The maximum Gasteiger partial charge on any atom is 0.263 e. The number of thiophene rings is 1. The van der Waals surface area contributed by atoms with E-state index in [9.17, 15) is 4.79 Å². The number of ether oxygens (including phenoxy) is 1. The molecule has 1 amide bonds. The molecule has 3 rings (SSSR count). The molecule has 1 fully saturated rings. The Balaban J connectivity index is 1.62. The maximum atomic E-state index is 12.9. The van der Waals surface area contributed by atoms with Crippen LogP contribution in [-0.4, -0.2) is 62.1 Å². The van der Waals surface area contributed by atoms with Crippen molar-refractivity contribution in [1.29, 1.82) is 0 Å². The molecule has 5 heteroatoms. The molecule has 0 radical (unpaired) electrons. The largest absolute Gasteiger partial charge is 0.383 e. The number of carbonyl (C=O) groups excluding carboxylic acids is 1. The quantitative estimate of drug-likeness (QED) is 0.847. The van der Waals surface area contributed by atoms with Crippen molar-refractivity contribution in [3.8, 4) is 0 Å². The third-order valence-electron chi connectivity index (χ3n) is 5.03. The van der Waals surface area contributed by atoms with E-state index in [1.54, 1.807) is 18.4 Å². The molecule has 128 valence electrons. The third kappa shape index (κ3) is 4.14. The van der Waals surface area contributed by atoms with Crippen LogP contribution >= 0.6 is 11.3 Å². The second kappa shape index (κ2) is 7.77. The van der Waals surface area contributed by atoms with Crippen LogP contribution in [0.1, 0.15) is 39.9 Å². The first-order valence-corrected chi connectivity index (χ1v) is 9.61. The van der Waals surface area contributed by atoms with Crippen molar-refractivity contribution in [1.82, 2.24) is 9.80 Å². The fourth-order valence-corrected chi connectivity index (χ4v) is 4.76. The minimum Gasteiger partial charge on any atom is -0.383 e. The maximum absolute atomic E-state index is 12.9. The molecule has 1 saturated heterocycles. The fraction of sp³-hybridized carbons (Fsp3) is 0.722. The Morgan fingerprint density at radius 1 is 1.35 bits per heavy atom. The predicted octanol–water partition coefficient (Wildman–Crippen LogP) is 2.67. The van der Waals surface area contributed by atoms with E-state index in [1.165, 1.54) is 16.9 Å². The van der Waals surface area contributed by atoms with Crippen LogP contribution in [0.15, 0.2) is 6.07 Å². The lowest BCUT2D eigenvalue weighted by atomic mass is 9.90. The van der Waals surface area contributed by atoms with Crippen molar-refractivity contribution in [2.24, 2.45) is 5.92 Å². The SMILES string of the molecule is COCCN1CCCN(C(=O)c2cc3c(s2)CCC(C)C3)CC1. The summed E-state index contributed by atoms with van der Waals surface area (Å²) in [7, 11) is 1.74. The van der Waals surface area contributed by atoms with E-state index in [2.05, 4.69) is 17.9 Å². The van der Waals surface area contributed by atoms with Crippen molar-refractivity contribution in [3.63, 3.8) is 0 Å². The first-order valence-electron chi connectivity index (χ1n) is 8.79. The van der Waals surface area contributed by atoms with Gasteiger partial charge in [-0.05, 0) is 49.8 Å². The monoisotopic (exact) mass is 336 g/mol. The molecule has 1 unspecified atom stereocenters. The molecule has 0 spiro atoms. The zero-order valence-electron chi connectivity index (χ0n) is 14.3. The Bertz CT molecular complexity index is 543. The van der Waals surface area contributed by atoms with Crippen molar-refractivity contribution >= 4 is 17.2 Å². The zero-order valence-corrected chi connectivity index (χ0v) is 15.2. The Hall–Kier alpha value is -0.910. The van der Waals surface area contributed by atoms with Crippen LogP contribution in [0.3, 0.4) is 0 Å². The van der Waals surface area contributed by atoms with E-state index >= 15 is 0 Å². The minimum absolute atomic E-state index is 0.241. The summed E-state index contributed by atoms with van der Waals surface area (Å²) in [6, 6.07) is 2.17. The lowest BCUT2D eigenvalue weighted by Gasteiger charge is -2.21. The van der Waals surface area contributed by atoms with Gasteiger partial charge in [-0.1, -0.05) is 6.92 Å². The number of nitrogens with zero attached hydrogens (tertiary/aromatic N) is 2. The summed E-state index contributed by atoms with van der Waals surface area (Å²) >= 11 is 1.74. The van der Waals surface area contributed by atoms with Gasteiger partial charge in [0.25, 0.3) is 5.91 Å². The van der Waals surface area contributed by atoms with Crippen molar-refractivity contribution < 1.29 is 9.53 Å². The lowest BCUT2D eigenvalue weighted by molar-refractivity contribution is 0.0764. The first-order chi connectivity index (χ1) is 11.2. The highest BCUT2D eigenvalue weighted by molar-refractivity contribution is 7.14. The Morgan fingerprint density at radius 3 is 3.04 bits per heavy atom. The van der Waals surface area contributed by atoms with Crippen LogP contribution in [-0.2, 0) is 17.6 Å². The highest BCUT2D eigenvalue weighted by atomic mass is 32.1. The molecule has 0 saturated carbocycles. The molecule has 2 aliphatic rings. The average molecular weight is 337 g/mol. The molecule has 1 aromatic rings. The standard InChI is InChI=1S/C18H28N2O2S/c1-14-4-5-16-15(12-14)13-17(23-16)18(21)20-7-3-6-19(8-9-20)10-11-22-2/h13-14H,3-12H2,1-2H3. The summed E-state index contributed by atoms with van der Waals surface area (Å²) in [5.74, 6) is 0.998. The molecular weight excluding hydrogens is 308 g/mol. The van der Waals surface area contributed by atoms with E-state index in [0.29, 0.717) is 0 Å². The van der Waals surface area contributed by atoms with Gasteiger partial charge >= 0.3 is 0 Å². The van der Waals surface area contributed by atoms with Crippen molar-refractivity contribution in [2.75, 3.05) is 46.4 Å². The Kier molecular flexibility index (Phi) is 5.72. The molecule has 1 atom stereocenters. The number of fused-ring (bicyclic) bond motifs is 1. The van der Waals surface area contributed by atoms with Crippen LogP contribution < -0.4 is 0 Å². The molecule has 0 aromatic carbocycles.